The molecule has 96 valence electrons. The van der Waals surface area contributed by atoms with Crippen LogP contribution in [0, 0.1) is 11.8 Å². The Hall–Kier alpha value is -2.36. The first-order chi connectivity index (χ1) is 9.20. The maximum absolute atomic E-state index is 14.0. The van der Waals surface area contributed by atoms with Gasteiger partial charge < -0.3 is 4.74 Å². The van der Waals surface area contributed by atoms with Gasteiger partial charge >= 0.3 is 0 Å². The van der Waals surface area contributed by atoms with Crippen LogP contribution in [0.4, 0.5) is 8.78 Å². The van der Waals surface area contributed by atoms with Gasteiger partial charge in [0.15, 0.2) is 5.95 Å². The third-order valence-corrected chi connectivity index (χ3v) is 3.08. The van der Waals surface area contributed by atoms with Gasteiger partial charge in [-0.05, 0) is 36.4 Å². The zero-order chi connectivity index (χ0) is 13.4. The van der Waals surface area contributed by atoms with Gasteiger partial charge in [0.2, 0.25) is 0 Å². The van der Waals surface area contributed by atoms with E-state index in [0.29, 0.717) is 17.0 Å². The maximum atomic E-state index is 14.0. The molecule has 0 aliphatic heterocycles. The fourth-order valence-electron chi connectivity index (χ4n) is 2.16. The van der Waals surface area contributed by atoms with E-state index >= 15 is 0 Å². The van der Waals surface area contributed by atoms with Crippen LogP contribution >= 0.6 is 0 Å². The average Bonchev–Trinajstić information content (AvgIpc) is 2.77. The molecule has 0 bridgehead atoms. The molecular formula is C15H11F2NO. The topological polar surface area (TPSA) is 14.2 Å². The van der Waals surface area contributed by atoms with Crippen molar-refractivity contribution < 1.29 is 13.5 Å². The van der Waals surface area contributed by atoms with Crippen molar-refractivity contribution in [2.24, 2.45) is 0 Å². The molecule has 0 saturated heterocycles. The second-order valence-corrected chi connectivity index (χ2v) is 4.17. The van der Waals surface area contributed by atoms with Crippen LogP contribution in [-0.2, 0) is 0 Å². The van der Waals surface area contributed by atoms with E-state index in [2.05, 4.69) is 0 Å². The second kappa shape index (κ2) is 4.39. The molecule has 0 aliphatic rings. The lowest BCUT2D eigenvalue weighted by Crippen LogP contribution is -1.97. The van der Waals surface area contributed by atoms with Crippen molar-refractivity contribution in [3.8, 4) is 11.4 Å². The highest BCUT2D eigenvalue weighted by molar-refractivity contribution is 5.82. The van der Waals surface area contributed by atoms with Crippen molar-refractivity contribution in [3.05, 3.63) is 60.3 Å². The van der Waals surface area contributed by atoms with E-state index in [9.17, 15) is 8.78 Å². The zero-order valence-electron chi connectivity index (χ0n) is 10.2. The molecule has 2 nitrogen and oxygen atoms in total. The van der Waals surface area contributed by atoms with E-state index in [4.69, 9.17) is 4.74 Å². The van der Waals surface area contributed by atoms with E-state index in [0.717, 1.165) is 0 Å². The predicted molar refractivity (Wildman–Crippen MR) is 69.7 cm³/mol. The summed E-state index contributed by atoms with van der Waals surface area (Å²) in [5.74, 6) is -0.235. The van der Waals surface area contributed by atoms with Crippen LogP contribution in [0.5, 0.6) is 5.75 Å². The normalized spacial score (nSPS) is 10.9. The first kappa shape index (κ1) is 11.7. The number of nitrogens with zero attached hydrogens (tertiary/aromatic N) is 1. The number of halogens is 2. The number of hydrogen-bond donors (Lipinski definition) is 0. The molecule has 19 heavy (non-hydrogen) atoms. The molecule has 0 N–H and O–H groups in total. The van der Waals surface area contributed by atoms with Crippen LogP contribution in [0.15, 0.2) is 48.5 Å². The van der Waals surface area contributed by atoms with Crippen molar-refractivity contribution in [1.82, 2.24) is 4.57 Å². The molecule has 0 amide bonds. The molecule has 3 rings (SSSR count). The molecule has 0 fully saturated rings. The lowest BCUT2D eigenvalue weighted by Gasteiger charge is -2.07. The lowest BCUT2D eigenvalue weighted by molar-refractivity contribution is 0.414. The van der Waals surface area contributed by atoms with Crippen LogP contribution in [0.2, 0.25) is 0 Å². The number of hydrogen-bond acceptors (Lipinski definition) is 1. The fraction of sp³-hybridized carbons (Fsp3) is 0.0667. The van der Waals surface area contributed by atoms with Crippen LogP contribution in [-0.4, -0.2) is 11.7 Å². The molecule has 2 aromatic carbocycles. The maximum Gasteiger partial charge on any atom is 0.199 e. The van der Waals surface area contributed by atoms with E-state index in [-0.39, 0.29) is 5.39 Å². The van der Waals surface area contributed by atoms with Crippen molar-refractivity contribution >= 4 is 10.9 Å². The van der Waals surface area contributed by atoms with E-state index in [1.165, 1.54) is 16.7 Å². The van der Waals surface area contributed by atoms with Crippen LogP contribution in [0.25, 0.3) is 16.6 Å². The predicted octanol–water partition coefficient (Wildman–Crippen LogP) is 3.92. The summed E-state index contributed by atoms with van der Waals surface area (Å²) in [7, 11) is 1.57. The highest BCUT2D eigenvalue weighted by atomic mass is 19.1. The summed E-state index contributed by atoms with van der Waals surface area (Å²) in [6, 6.07) is 12.7. The number of ether oxygens (including phenoxy) is 1. The Morgan fingerprint density at radius 3 is 2.42 bits per heavy atom. The highest BCUT2D eigenvalue weighted by Crippen LogP contribution is 2.26. The van der Waals surface area contributed by atoms with Crippen LogP contribution in [0.1, 0.15) is 0 Å². The fourth-order valence-corrected chi connectivity index (χ4v) is 2.16. The average molecular weight is 259 g/mol. The molecule has 0 aliphatic carbocycles. The van der Waals surface area contributed by atoms with Crippen molar-refractivity contribution in [2.75, 3.05) is 7.11 Å². The largest absolute Gasteiger partial charge is 0.497 e. The van der Waals surface area contributed by atoms with Crippen molar-refractivity contribution in [2.45, 2.75) is 0 Å². The Kier molecular flexibility index (Phi) is 2.71. The monoisotopic (exact) mass is 259 g/mol. The summed E-state index contributed by atoms with van der Waals surface area (Å²) < 4.78 is 34.1. The standard InChI is InChI=1S/C15H11F2NO/c1-19-11-7-5-10(6-8-11)18-14-4-2-3-13(16)12(14)9-15(18)17/h2-9H,1H3. The third kappa shape index (κ3) is 1.85. The number of fused-ring (bicyclic) bond motifs is 1. The molecule has 0 unspecified atom stereocenters. The quantitative estimate of drug-likeness (QED) is 0.680. The Labute approximate surface area is 108 Å². The molecule has 1 heterocycles. The van der Waals surface area contributed by atoms with Crippen LogP contribution in [0.3, 0.4) is 0 Å². The summed E-state index contributed by atoms with van der Waals surface area (Å²) in [6.07, 6.45) is 0. The highest BCUT2D eigenvalue weighted by Gasteiger charge is 2.12. The molecule has 0 saturated carbocycles. The zero-order valence-corrected chi connectivity index (χ0v) is 10.2. The summed E-state index contributed by atoms with van der Waals surface area (Å²) in [5.41, 5.74) is 1.13. The van der Waals surface area contributed by atoms with E-state index in [1.54, 1.807) is 43.5 Å². The Morgan fingerprint density at radius 1 is 1.00 bits per heavy atom. The minimum atomic E-state index is -0.495. The number of benzene rings is 2. The van der Waals surface area contributed by atoms with Crippen molar-refractivity contribution in [1.29, 1.82) is 0 Å². The summed E-state index contributed by atoms with van der Waals surface area (Å²) in [5, 5.41) is 0.274. The summed E-state index contributed by atoms with van der Waals surface area (Å²) in [6.45, 7) is 0. The molecule has 0 radical (unpaired) electrons. The van der Waals surface area contributed by atoms with E-state index < -0.39 is 11.8 Å². The molecule has 3 aromatic rings. The van der Waals surface area contributed by atoms with E-state index in [1.807, 2.05) is 0 Å². The first-order valence-corrected chi connectivity index (χ1v) is 5.80. The second-order valence-electron chi connectivity index (χ2n) is 4.17. The van der Waals surface area contributed by atoms with Gasteiger partial charge in [0.25, 0.3) is 0 Å². The van der Waals surface area contributed by atoms with Gasteiger partial charge in [0.1, 0.15) is 11.6 Å². The molecular weight excluding hydrogens is 248 g/mol. The van der Waals surface area contributed by atoms with Gasteiger partial charge in [-0.15, -0.1) is 0 Å². The molecule has 4 heteroatoms. The Morgan fingerprint density at radius 2 is 1.74 bits per heavy atom. The number of rotatable bonds is 2. The van der Waals surface area contributed by atoms with Gasteiger partial charge in [-0.3, -0.25) is 4.57 Å². The van der Waals surface area contributed by atoms with Gasteiger partial charge in [0.05, 0.1) is 12.6 Å². The Balaban J connectivity index is 2.23. The summed E-state index contributed by atoms with van der Waals surface area (Å²) in [4.78, 5) is 0. The van der Waals surface area contributed by atoms with Gasteiger partial charge in [-0.2, -0.15) is 4.39 Å². The lowest BCUT2D eigenvalue weighted by atomic mass is 10.2. The number of aromatic nitrogens is 1. The first-order valence-electron chi connectivity index (χ1n) is 5.80. The van der Waals surface area contributed by atoms with Gasteiger partial charge in [-0.1, -0.05) is 6.07 Å². The van der Waals surface area contributed by atoms with Crippen molar-refractivity contribution in [3.63, 3.8) is 0 Å². The minimum Gasteiger partial charge on any atom is -0.497 e. The van der Waals surface area contributed by atoms with Gasteiger partial charge in [0, 0.05) is 17.1 Å². The Bertz CT molecular complexity index is 732. The number of methoxy groups -OCH3 is 1. The SMILES string of the molecule is COc1ccc(-n2c(F)cc3c(F)cccc32)cc1. The molecule has 0 atom stereocenters. The molecule has 0 spiro atoms. The third-order valence-electron chi connectivity index (χ3n) is 3.08. The molecule has 1 aromatic heterocycles. The van der Waals surface area contributed by atoms with Crippen LogP contribution < -0.4 is 4.74 Å². The van der Waals surface area contributed by atoms with Gasteiger partial charge in [-0.25, -0.2) is 4.39 Å². The summed E-state index contributed by atoms with van der Waals surface area (Å²) >= 11 is 0. The smallest absolute Gasteiger partial charge is 0.199 e. The minimum absolute atomic E-state index is 0.274.